The summed E-state index contributed by atoms with van der Waals surface area (Å²) < 4.78 is 21.0. The average Bonchev–Trinajstić information content (AvgIpc) is 3.17. The fourth-order valence-electron chi connectivity index (χ4n) is 2.60. The lowest BCUT2D eigenvalue weighted by atomic mass is 10.1. The predicted molar refractivity (Wildman–Crippen MR) is 104 cm³/mol. The average molecular weight is 391 g/mol. The first-order chi connectivity index (χ1) is 14.0. The molecule has 3 rings (SSSR count). The Morgan fingerprint density at radius 3 is 2.62 bits per heavy atom. The van der Waals surface area contributed by atoms with E-state index in [-0.39, 0.29) is 29.4 Å². The molecule has 0 spiro atoms. The number of hydrogen-bond donors (Lipinski definition) is 0. The van der Waals surface area contributed by atoms with Crippen molar-refractivity contribution < 1.29 is 28.2 Å². The molecule has 1 aromatic heterocycles. The van der Waals surface area contributed by atoms with Crippen molar-refractivity contribution >= 4 is 29.0 Å². The maximum Gasteiger partial charge on any atom is 0.379 e. The molecule has 146 valence electrons. The molecule has 0 saturated carbocycles. The number of fused-ring (bicyclic) bond motifs is 1. The Morgan fingerprint density at radius 1 is 1.14 bits per heavy atom. The molecular weight excluding hydrogens is 374 g/mol. The van der Waals surface area contributed by atoms with E-state index in [1.54, 1.807) is 31.2 Å². The Kier molecular flexibility index (Phi) is 5.95. The van der Waals surface area contributed by atoms with E-state index in [0.29, 0.717) is 11.1 Å². The van der Waals surface area contributed by atoms with Crippen LogP contribution in [-0.2, 0) is 9.53 Å². The van der Waals surface area contributed by atoms with Gasteiger partial charge >= 0.3 is 11.9 Å². The quantitative estimate of drug-likeness (QED) is 0.270. The number of para-hydroxylation sites is 1. The maximum atomic E-state index is 12.4. The van der Waals surface area contributed by atoms with E-state index in [0.717, 1.165) is 5.39 Å². The van der Waals surface area contributed by atoms with Crippen molar-refractivity contribution in [2.24, 2.45) is 0 Å². The zero-order valence-corrected chi connectivity index (χ0v) is 15.8. The summed E-state index contributed by atoms with van der Waals surface area (Å²) in [5.74, 6) is -0.901. The van der Waals surface area contributed by atoms with Crippen molar-refractivity contribution in [2.45, 2.75) is 6.92 Å². The number of furan rings is 1. The highest BCUT2D eigenvalue weighted by Crippen LogP contribution is 2.30. The van der Waals surface area contributed by atoms with E-state index in [1.165, 1.54) is 25.3 Å². The van der Waals surface area contributed by atoms with Crippen molar-refractivity contribution in [1.82, 2.24) is 0 Å². The van der Waals surface area contributed by atoms with E-state index in [1.807, 2.05) is 18.2 Å². The molecule has 29 heavy (non-hydrogen) atoms. The number of carbonyl (C=O) groups excluding carboxylic acids is 2. The lowest BCUT2D eigenvalue weighted by molar-refractivity contribution is -0.137. The van der Waals surface area contributed by atoms with E-state index >= 15 is 0 Å². The van der Waals surface area contributed by atoms with Crippen LogP contribution < -0.4 is 9.47 Å². The summed E-state index contributed by atoms with van der Waals surface area (Å²) in [6.07, 6.45) is 1.37. The smallest absolute Gasteiger partial charge is 0.379 e. The van der Waals surface area contributed by atoms with Crippen molar-refractivity contribution in [1.29, 1.82) is 5.26 Å². The van der Waals surface area contributed by atoms with Crippen LogP contribution >= 0.6 is 0 Å². The van der Waals surface area contributed by atoms with E-state index in [9.17, 15) is 9.59 Å². The van der Waals surface area contributed by atoms with Crippen molar-refractivity contribution in [3.8, 4) is 17.6 Å². The minimum Gasteiger partial charge on any atom is -0.493 e. The van der Waals surface area contributed by atoms with Gasteiger partial charge in [-0.05, 0) is 42.8 Å². The van der Waals surface area contributed by atoms with Gasteiger partial charge < -0.3 is 18.6 Å². The molecule has 7 nitrogen and oxygen atoms in total. The van der Waals surface area contributed by atoms with Gasteiger partial charge in [-0.25, -0.2) is 9.59 Å². The summed E-state index contributed by atoms with van der Waals surface area (Å²) in [6.45, 7) is 1.82. The minimum atomic E-state index is -0.714. The Bertz CT molecular complexity index is 1100. The molecule has 0 N–H and O–H groups in total. The van der Waals surface area contributed by atoms with Crippen molar-refractivity contribution in [3.63, 3.8) is 0 Å². The van der Waals surface area contributed by atoms with Crippen LogP contribution in [0.4, 0.5) is 0 Å². The SMILES string of the molecule is CCOC(=O)/C(C#N)=C/c1ccc(OC(=O)c2cc3ccccc3o2)c(OC)c1. The topological polar surface area (TPSA) is 98.8 Å². The number of hydrogen-bond acceptors (Lipinski definition) is 7. The molecule has 0 bridgehead atoms. The van der Waals surface area contributed by atoms with Crippen LogP contribution in [0.15, 0.2) is 58.5 Å². The number of nitrogens with zero attached hydrogens (tertiary/aromatic N) is 1. The number of ether oxygens (including phenoxy) is 3. The highest BCUT2D eigenvalue weighted by atomic mass is 16.6. The first-order valence-corrected chi connectivity index (χ1v) is 8.73. The number of nitriles is 1. The van der Waals surface area contributed by atoms with Crippen LogP contribution in [0, 0.1) is 11.3 Å². The summed E-state index contributed by atoms with van der Waals surface area (Å²) in [6, 6.07) is 15.3. The standard InChI is InChI=1S/C22H17NO6/c1-3-27-21(24)16(13-23)10-14-8-9-18(19(11-14)26-2)29-22(25)20-12-15-6-4-5-7-17(15)28-20/h4-12H,3H2,1-2H3/b16-10+. The first kappa shape index (κ1) is 19.7. The second kappa shape index (κ2) is 8.76. The largest absolute Gasteiger partial charge is 0.493 e. The molecule has 0 aliphatic rings. The predicted octanol–water partition coefficient (Wildman–Crippen LogP) is 4.13. The van der Waals surface area contributed by atoms with E-state index in [2.05, 4.69) is 0 Å². The third-order valence-corrected chi connectivity index (χ3v) is 3.94. The molecule has 0 aliphatic carbocycles. The number of rotatable bonds is 6. The van der Waals surface area contributed by atoms with Gasteiger partial charge in [0.2, 0.25) is 5.76 Å². The van der Waals surface area contributed by atoms with Crippen molar-refractivity contribution in [2.75, 3.05) is 13.7 Å². The fourth-order valence-corrected chi connectivity index (χ4v) is 2.60. The van der Waals surface area contributed by atoms with E-state index < -0.39 is 11.9 Å². The minimum absolute atomic E-state index is 0.0614. The Hall–Kier alpha value is -4.05. The molecule has 2 aromatic carbocycles. The number of methoxy groups -OCH3 is 1. The maximum absolute atomic E-state index is 12.4. The highest BCUT2D eigenvalue weighted by Gasteiger charge is 2.17. The Morgan fingerprint density at radius 2 is 1.93 bits per heavy atom. The Labute approximate surface area is 166 Å². The third kappa shape index (κ3) is 4.45. The van der Waals surface area contributed by atoms with Crippen LogP contribution in [0.5, 0.6) is 11.5 Å². The molecule has 1 heterocycles. The van der Waals surface area contributed by atoms with Gasteiger partial charge in [0.1, 0.15) is 17.2 Å². The van der Waals surface area contributed by atoms with Crippen LogP contribution in [0.3, 0.4) is 0 Å². The van der Waals surface area contributed by atoms with Gasteiger partial charge in [0.25, 0.3) is 0 Å². The second-order valence-corrected chi connectivity index (χ2v) is 5.84. The van der Waals surface area contributed by atoms with Crippen LogP contribution in [0.1, 0.15) is 23.0 Å². The molecule has 0 fully saturated rings. The van der Waals surface area contributed by atoms with Crippen LogP contribution in [0.25, 0.3) is 17.0 Å². The molecule has 0 unspecified atom stereocenters. The molecule has 0 radical (unpaired) electrons. The summed E-state index contributed by atoms with van der Waals surface area (Å²) in [5, 5.41) is 9.93. The highest BCUT2D eigenvalue weighted by molar-refractivity contribution is 5.98. The van der Waals surface area contributed by atoms with Crippen LogP contribution in [-0.4, -0.2) is 25.7 Å². The van der Waals surface area contributed by atoms with Gasteiger partial charge in [0.05, 0.1) is 13.7 Å². The van der Waals surface area contributed by atoms with Gasteiger partial charge in [-0.3, -0.25) is 0 Å². The lowest BCUT2D eigenvalue weighted by Crippen LogP contribution is -2.08. The normalized spacial score (nSPS) is 11.0. The lowest BCUT2D eigenvalue weighted by Gasteiger charge is -2.09. The molecule has 0 aliphatic heterocycles. The zero-order chi connectivity index (χ0) is 20.8. The molecule has 0 saturated heterocycles. The Balaban J connectivity index is 1.84. The summed E-state index contributed by atoms with van der Waals surface area (Å²) in [7, 11) is 1.41. The molecular formula is C22H17NO6. The van der Waals surface area contributed by atoms with Gasteiger partial charge in [-0.15, -0.1) is 0 Å². The molecule has 0 amide bonds. The summed E-state index contributed by atoms with van der Waals surface area (Å²) >= 11 is 0. The van der Waals surface area contributed by atoms with Crippen LogP contribution in [0.2, 0.25) is 0 Å². The second-order valence-electron chi connectivity index (χ2n) is 5.84. The molecule has 3 aromatic rings. The first-order valence-electron chi connectivity index (χ1n) is 8.73. The van der Waals surface area contributed by atoms with Gasteiger partial charge in [-0.2, -0.15) is 5.26 Å². The summed E-state index contributed by atoms with van der Waals surface area (Å²) in [5.41, 5.74) is 0.936. The third-order valence-electron chi connectivity index (χ3n) is 3.94. The van der Waals surface area contributed by atoms with Crippen molar-refractivity contribution in [3.05, 3.63) is 65.4 Å². The molecule has 0 atom stereocenters. The zero-order valence-electron chi connectivity index (χ0n) is 15.8. The van der Waals surface area contributed by atoms with Gasteiger partial charge in [-0.1, -0.05) is 24.3 Å². The van der Waals surface area contributed by atoms with E-state index in [4.69, 9.17) is 23.9 Å². The summed E-state index contributed by atoms with van der Waals surface area (Å²) in [4.78, 5) is 24.2. The monoisotopic (exact) mass is 391 g/mol. The molecule has 7 heteroatoms. The number of benzene rings is 2. The van der Waals surface area contributed by atoms with Gasteiger partial charge in [0.15, 0.2) is 11.5 Å². The fraction of sp³-hybridized carbons (Fsp3) is 0.136. The van der Waals surface area contributed by atoms with Gasteiger partial charge in [0, 0.05) is 5.39 Å². The number of esters is 2. The number of carbonyl (C=O) groups is 2.